The third kappa shape index (κ3) is 3.39. The van der Waals surface area contributed by atoms with Gasteiger partial charge in [0.05, 0.1) is 0 Å². The molecule has 0 atom stereocenters. The molecule has 0 aliphatic heterocycles. The maximum absolute atomic E-state index is 13.5. The smallest absolute Gasteiger partial charge is 0.278 e. The maximum atomic E-state index is 13.5. The Morgan fingerprint density at radius 1 is 1.13 bits per heavy atom. The second kappa shape index (κ2) is 7.65. The van der Waals surface area contributed by atoms with Gasteiger partial charge in [-0.15, -0.1) is 0 Å². The molecule has 0 bridgehead atoms. The number of hydrogen-bond donors (Lipinski definition) is 0. The number of benzene rings is 2. The van der Waals surface area contributed by atoms with Crippen LogP contribution in [-0.4, -0.2) is 14.1 Å². The third-order valence-electron chi connectivity index (χ3n) is 5.57. The summed E-state index contributed by atoms with van der Waals surface area (Å²) in [5.41, 5.74) is 5.93. The molecule has 5 heteroatoms. The van der Waals surface area contributed by atoms with Crippen LogP contribution in [0.3, 0.4) is 0 Å². The predicted octanol–water partition coefficient (Wildman–Crippen LogP) is 5.67. The molecular formula is C25H23N3OS. The lowest BCUT2D eigenvalue weighted by atomic mass is 10.1. The van der Waals surface area contributed by atoms with Crippen molar-refractivity contribution in [3.8, 4) is 11.1 Å². The molecular weight excluding hydrogens is 390 g/mol. The molecule has 0 N–H and O–H groups in total. The van der Waals surface area contributed by atoms with Gasteiger partial charge in [-0.2, -0.15) is 0 Å². The van der Waals surface area contributed by atoms with E-state index in [2.05, 4.69) is 43.0 Å². The minimum Gasteiger partial charge on any atom is -0.344 e. The highest BCUT2D eigenvalue weighted by atomic mass is 32.2. The minimum atomic E-state index is 0.0664. The summed E-state index contributed by atoms with van der Waals surface area (Å²) in [6.45, 7) is 3.81. The molecule has 0 saturated heterocycles. The highest BCUT2D eigenvalue weighted by molar-refractivity contribution is 7.98. The Kier molecular flexibility index (Phi) is 4.83. The molecule has 4 aromatic rings. The van der Waals surface area contributed by atoms with Gasteiger partial charge in [0.1, 0.15) is 11.0 Å². The minimum absolute atomic E-state index is 0.0664. The van der Waals surface area contributed by atoms with E-state index in [9.17, 15) is 4.79 Å². The van der Waals surface area contributed by atoms with Crippen molar-refractivity contribution in [2.45, 2.75) is 29.8 Å². The Morgan fingerprint density at radius 2 is 1.87 bits per heavy atom. The average molecular weight is 414 g/mol. The monoisotopic (exact) mass is 413 g/mol. The van der Waals surface area contributed by atoms with Gasteiger partial charge in [-0.1, -0.05) is 79.0 Å². The standard InChI is InChI=1S/C25H23N3OS/c1-3-17-9-11-18(12-10-17)16-30-25-26-22-21(19-7-5-4-6-8-19)15-27(2)23(22)24(29)28(25)20-13-14-20/h3-12,15,20H,1,13-14,16H2,2H3. The number of aryl methyl sites for hydroxylation is 1. The van der Waals surface area contributed by atoms with E-state index in [1.165, 1.54) is 5.56 Å². The molecule has 30 heavy (non-hydrogen) atoms. The Morgan fingerprint density at radius 3 is 2.53 bits per heavy atom. The lowest BCUT2D eigenvalue weighted by Gasteiger charge is -2.12. The van der Waals surface area contributed by atoms with Gasteiger partial charge in [-0.05, 0) is 29.5 Å². The summed E-state index contributed by atoms with van der Waals surface area (Å²) in [4.78, 5) is 18.5. The first-order valence-electron chi connectivity index (χ1n) is 10.2. The van der Waals surface area contributed by atoms with Crippen LogP contribution >= 0.6 is 11.8 Å². The van der Waals surface area contributed by atoms with E-state index in [0.29, 0.717) is 5.52 Å². The topological polar surface area (TPSA) is 39.8 Å². The van der Waals surface area contributed by atoms with Gasteiger partial charge in [0, 0.05) is 30.6 Å². The van der Waals surface area contributed by atoms with Gasteiger partial charge in [0.2, 0.25) is 0 Å². The molecule has 0 amide bonds. The zero-order valence-corrected chi connectivity index (χ0v) is 17.7. The number of rotatable bonds is 6. The number of fused-ring (bicyclic) bond motifs is 1. The van der Waals surface area contributed by atoms with E-state index >= 15 is 0 Å². The Balaban J connectivity index is 1.60. The first-order chi connectivity index (χ1) is 14.7. The summed E-state index contributed by atoms with van der Waals surface area (Å²) in [7, 11) is 1.93. The van der Waals surface area contributed by atoms with Gasteiger partial charge in [-0.3, -0.25) is 9.36 Å². The van der Waals surface area contributed by atoms with E-state index in [-0.39, 0.29) is 11.6 Å². The molecule has 0 unspecified atom stereocenters. The second-order valence-electron chi connectivity index (χ2n) is 7.75. The summed E-state index contributed by atoms with van der Waals surface area (Å²) in [6.07, 6.45) is 5.96. The highest BCUT2D eigenvalue weighted by Crippen LogP contribution is 2.38. The van der Waals surface area contributed by atoms with E-state index in [0.717, 1.165) is 46.0 Å². The lowest BCUT2D eigenvalue weighted by Crippen LogP contribution is -2.23. The largest absolute Gasteiger partial charge is 0.344 e. The fourth-order valence-corrected chi connectivity index (χ4v) is 4.83. The van der Waals surface area contributed by atoms with Crippen molar-refractivity contribution in [1.82, 2.24) is 14.1 Å². The number of aromatic nitrogens is 3. The van der Waals surface area contributed by atoms with Crippen LogP contribution in [0.15, 0.2) is 77.3 Å². The average Bonchev–Trinajstić information content (AvgIpc) is 3.56. The molecule has 0 radical (unpaired) electrons. The summed E-state index contributed by atoms with van der Waals surface area (Å²) in [5.74, 6) is 0.773. The molecule has 2 aromatic carbocycles. The van der Waals surface area contributed by atoms with Crippen LogP contribution in [0.5, 0.6) is 0 Å². The van der Waals surface area contributed by atoms with Crippen molar-refractivity contribution in [2.75, 3.05) is 0 Å². The molecule has 150 valence electrons. The number of hydrogen-bond acceptors (Lipinski definition) is 3. The number of nitrogens with zero attached hydrogens (tertiary/aromatic N) is 3. The van der Waals surface area contributed by atoms with Gasteiger partial charge >= 0.3 is 0 Å². The Labute approximate surface area is 179 Å². The summed E-state index contributed by atoms with van der Waals surface area (Å²) < 4.78 is 3.84. The Bertz CT molecular complexity index is 1280. The van der Waals surface area contributed by atoms with Crippen molar-refractivity contribution in [3.05, 3.63) is 88.9 Å². The highest BCUT2D eigenvalue weighted by Gasteiger charge is 2.30. The van der Waals surface area contributed by atoms with Crippen LogP contribution in [0.4, 0.5) is 0 Å². The van der Waals surface area contributed by atoms with Crippen LogP contribution in [-0.2, 0) is 12.8 Å². The second-order valence-corrected chi connectivity index (χ2v) is 8.69. The SMILES string of the molecule is C=Cc1ccc(CSc2nc3c(-c4ccccc4)cn(C)c3c(=O)n2C2CC2)cc1. The van der Waals surface area contributed by atoms with Crippen LogP contribution in [0, 0.1) is 0 Å². The molecule has 5 rings (SSSR count). The normalized spacial score (nSPS) is 13.6. The molecule has 1 fully saturated rings. The summed E-state index contributed by atoms with van der Waals surface area (Å²) in [5, 5.41) is 0.811. The fourth-order valence-electron chi connectivity index (χ4n) is 3.81. The zero-order chi connectivity index (χ0) is 20.7. The summed E-state index contributed by atoms with van der Waals surface area (Å²) in [6, 6.07) is 18.8. The zero-order valence-electron chi connectivity index (χ0n) is 16.9. The Hall–Kier alpha value is -3.05. The van der Waals surface area contributed by atoms with Crippen molar-refractivity contribution >= 4 is 28.9 Å². The molecule has 2 heterocycles. The predicted molar refractivity (Wildman–Crippen MR) is 125 cm³/mol. The molecule has 1 saturated carbocycles. The quantitative estimate of drug-likeness (QED) is 0.302. The van der Waals surface area contributed by atoms with Gasteiger partial charge < -0.3 is 4.57 Å². The third-order valence-corrected chi connectivity index (χ3v) is 6.59. The van der Waals surface area contributed by atoms with E-state index in [1.807, 2.05) is 46.7 Å². The van der Waals surface area contributed by atoms with Crippen molar-refractivity contribution in [2.24, 2.45) is 7.05 Å². The van der Waals surface area contributed by atoms with Crippen LogP contribution < -0.4 is 5.56 Å². The van der Waals surface area contributed by atoms with Gasteiger partial charge in [0.15, 0.2) is 5.16 Å². The maximum Gasteiger partial charge on any atom is 0.278 e. The molecule has 4 nitrogen and oxygen atoms in total. The first-order valence-corrected chi connectivity index (χ1v) is 11.2. The van der Waals surface area contributed by atoms with E-state index in [4.69, 9.17) is 4.98 Å². The van der Waals surface area contributed by atoms with Crippen LogP contribution in [0.2, 0.25) is 0 Å². The van der Waals surface area contributed by atoms with E-state index in [1.54, 1.807) is 11.8 Å². The molecule has 2 aromatic heterocycles. The molecule has 1 aliphatic rings. The van der Waals surface area contributed by atoms with Crippen LogP contribution in [0.1, 0.15) is 30.0 Å². The van der Waals surface area contributed by atoms with E-state index < -0.39 is 0 Å². The first kappa shape index (κ1) is 18.9. The van der Waals surface area contributed by atoms with Gasteiger partial charge in [0.25, 0.3) is 5.56 Å². The van der Waals surface area contributed by atoms with Gasteiger partial charge in [-0.25, -0.2) is 4.98 Å². The van der Waals surface area contributed by atoms with Crippen molar-refractivity contribution in [3.63, 3.8) is 0 Å². The summed E-state index contributed by atoms with van der Waals surface area (Å²) >= 11 is 1.64. The molecule has 0 spiro atoms. The molecule has 1 aliphatic carbocycles. The lowest BCUT2D eigenvalue weighted by molar-refractivity contribution is 0.615. The number of thioether (sulfide) groups is 1. The van der Waals surface area contributed by atoms with Crippen molar-refractivity contribution in [1.29, 1.82) is 0 Å². The van der Waals surface area contributed by atoms with Crippen molar-refractivity contribution < 1.29 is 0 Å². The van der Waals surface area contributed by atoms with Crippen LogP contribution in [0.25, 0.3) is 28.2 Å². The fraction of sp³-hybridized carbons (Fsp3) is 0.200.